The van der Waals surface area contributed by atoms with Crippen molar-refractivity contribution in [3.63, 3.8) is 0 Å². The van der Waals surface area contributed by atoms with Crippen LogP contribution in [0.2, 0.25) is 0 Å². The van der Waals surface area contributed by atoms with E-state index in [4.69, 9.17) is 0 Å². The third kappa shape index (κ3) is 2.96. The molecule has 3 atom stereocenters. The van der Waals surface area contributed by atoms with Gasteiger partial charge in [-0.05, 0) is 79.0 Å². The van der Waals surface area contributed by atoms with E-state index in [0.29, 0.717) is 5.92 Å². The minimum absolute atomic E-state index is 0.174. The Morgan fingerprint density at radius 3 is 2.33 bits per heavy atom. The van der Waals surface area contributed by atoms with Gasteiger partial charge in [-0.15, -0.1) is 0 Å². The molecule has 4 rings (SSSR count). The summed E-state index contributed by atoms with van der Waals surface area (Å²) in [7, 11) is 0. The Morgan fingerprint density at radius 1 is 1.00 bits per heavy atom. The van der Waals surface area contributed by atoms with Gasteiger partial charge >= 0.3 is 0 Å². The van der Waals surface area contributed by atoms with E-state index in [2.05, 4.69) is 25.2 Å². The normalized spacial score (nSPS) is 35.1. The van der Waals surface area contributed by atoms with E-state index >= 15 is 0 Å². The highest BCUT2D eigenvalue weighted by Gasteiger charge is 2.49. The summed E-state index contributed by atoms with van der Waals surface area (Å²) in [6.45, 7) is 2.33. The molecule has 24 heavy (non-hydrogen) atoms. The first-order valence-corrected chi connectivity index (χ1v) is 9.50. The van der Waals surface area contributed by atoms with E-state index in [1.165, 1.54) is 49.8 Å². The lowest BCUT2D eigenvalue weighted by Crippen LogP contribution is -2.08. The molecule has 128 valence electrons. The molecule has 2 saturated carbocycles. The fourth-order valence-electron chi connectivity index (χ4n) is 5.18. The molecule has 1 aromatic carbocycles. The number of benzene rings is 1. The number of halogens is 2. The molecule has 1 aromatic rings. The van der Waals surface area contributed by atoms with Crippen molar-refractivity contribution in [2.45, 2.75) is 51.4 Å². The maximum Gasteiger partial charge on any atom is 0.159 e. The summed E-state index contributed by atoms with van der Waals surface area (Å²) in [5.74, 6) is 2.39. The van der Waals surface area contributed by atoms with Gasteiger partial charge in [-0.3, -0.25) is 0 Å². The Kier molecular flexibility index (Phi) is 4.32. The number of allylic oxidation sites excluding steroid dienone is 4. The molecule has 0 aliphatic heterocycles. The van der Waals surface area contributed by atoms with Crippen molar-refractivity contribution in [3.8, 4) is 0 Å². The molecule has 0 N–H and O–H groups in total. The molecular formula is C22H26F2. The summed E-state index contributed by atoms with van der Waals surface area (Å²) in [6.07, 6.45) is 14.5. The molecule has 3 aliphatic carbocycles. The molecule has 3 aliphatic rings. The van der Waals surface area contributed by atoms with Crippen LogP contribution in [-0.2, 0) is 0 Å². The first-order chi connectivity index (χ1) is 11.7. The minimum Gasteiger partial charge on any atom is -0.204 e. The van der Waals surface area contributed by atoms with Crippen LogP contribution in [0.25, 0.3) is 0 Å². The van der Waals surface area contributed by atoms with Crippen molar-refractivity contribution in [2.75, 3.05) is 0 Å². The largest absolute Gasteiger partial charge is 0.204 e. The van der Waals surface area contributed by atoms with Gasteiger partial charge in [-0.25, -0.2) is 8.78 Å². The molecule has 2 fully saturated rings. The first-order valence-electron chi connectivity index (χ1n) is 9.50. The first kappa shape index (κ1) is 16.1. The van der Waals surface area contributed by atoms with E-state index in [9.17, 15) is 8.78 Å². The van der Waals surface area contributed by atoms with Gasteiger partial charge in [-0.1, -0.05) is 37.6 Å². The number of hydrogen-bond donors (Lipinski definition) is 0. The quantitative estimate of drug-likeness (QED) is 0.602. The zero-order valence-corrected chi connectivity index (χ0v) is 14.3. The Hall–Kier alpha value is -1.44. The average molecular weight is 328 g/mol. The molecule has 0 amide bonds. The molecule has 0 spiro atoms. The molecule has 0 saturated heterocycles. The van der Waals surface area contributed by atoms with Crippen LogP contribution in [0, 0.1) is 35.3 Å². The summed E-state index contributed by atoms with van der Waals surface area (Å²) < 4.78 is 26.5. The van der Waals surface area contributed by atoms with Gasteiger partial charge in [0.1, 0.15) is 0 Å². The molecule has 3 unspecified atom stereocenters. The summed E-state index contributed by atoms with van der Waals surface area (Å²) in [6, 6.07) is 4.28. The second-order valence-electron chi connectivity index (χ2n) is 7.83. The van der Waals surface area contributed by atoms with Crippen LogP contribution < -0.4 is 0 Å². The van der Waals surface area contributed by atoms with Gasteiger partial charge in [0, 0.05) is 5.92 Å². The van der Waals surface area contributed by atoms with E-state index < -0.39 is 11.6 Å². The van der Waals surface area contributed by atoms with Crippen molar-refractivity contribution < 1.29 is 8.78 Å². The molecule has 2 heteroatoms. The summed E-state index contributed by atoms with van der Waals surface area (Å²) in [5, 5.41) is 0. The van der Waals surface area contributed by atoms with Gasteiger partial charge in [0.2, 0.25) is 0 Å². The van der Waals surface area contributed by atoms with Crippen molar-refractivity contribution in [1.29, 1.82) is 0 Å². The second-order valence-corrected chi connectivity index (χ2v) is 7.83. The lowest BCUT2D eigenvalue weighted by atomic mass is 9.82. The van der Waals surface area contributed by atoms with Crippen LogP contribution in [-0.4, -0.2) is 0 Å². The van der Waals surface area contributed by atoms with E-state index in [-0.39, 0.29) is 5.92 Å². The lowest BCUT2D eigenvalue weighted by Gasteiger charge is -2.23. The van der Waals surface area contributed by atoms with Crippen molar-refractivity contribution in [3.05, 3.63) is 59.2 Å². The van der Waals surface area contributed by atoms with E-state index in [0.717, 1.165) is 29.7 Å². The minimum atomic E-state index is -0.767. The molecule has 0 heterocycles. The van der Waals surface area contributed by atoms with Crippen LogP contribution in [0.3, 0.4) is 0 Å². The predicted molar refractivity (Wildman–Crippen MR) is 93.7 cm³/mol. The molecule has 0 bridgehead atoms. The molecule has 0 aromatic heterocycles. The van der Waals surface area contributed by atoms with Crippen LogP contribution in [0.5, 0.6) is 0 Å². The summed E-state index contributed by atoms with van der Waals surface area (Å²) >= 11 is 0. The molecule has 0 nitrogen and oxygen atoms in total. The van der Waals surface area contributed by atoms with Crippen molar-refractivity contribution >= 4 is 0 Å². The highest BCUT2D eigenvalue weighted by Crippen LogP contribution is 2.57. The Labute approximate surface area is 143 Å². The summed E-state index contributed by atoms with van der Waals surface area (Å²) in [5.41, 5.74) is 2.34. The van der Waals surface area contributed by atoms with E-state index in [1.54, 1.807) is 6.07 Å². The highest BCUT2D eigenvalue weighted by atomic mass is 19.2. The van der Waals surface area contributed by atoms with Crippen molar-refractivity contribution in [1.82, 2.24) is 0 Å². The third-order valence-electron chi connectivity index (χ3n) is 6.65. The standard InChI is InChI=1S/C22H26F2/c1-2-18-19-10-7-15(8-11-20(18)19)14-3-5-16(6-4-14)17-9-12-21(23)22(24)13-17/h3-5,9,12-13,15-16,18-20H,2,6-8,10-11H2,1H3. The summed E-state index contributed by atoms with van der Waals surface area (Å²) in [4.78, 5) is 0. The third-order valence-corrected chi connectivity index (χ3v) is 6.65. The number of hydrogen-bond acceptors (Lipinski definition) is 0. The fourth-order valence-corrected chi connectivity index (χ4v) is 5.18. The van der Waals surface area contributed by atoms with Gasteiger partial charge in [0.15, 0.2) is 11.6 Å². The van der Waals surface area contributed by atoms with Gasteiger partial charge in [0.25, 0.3) is 0 Å². The zero-order valence-electron chi connectivity index (χ0n) is 14.3. The molecule has 0 radical (unpaired) electrons. The number of rotatable bonds is 3. The predicted octanol–water partition coefficient (Wildman–Crippen LogP) is 6.40. The number of fused-ring (bicyclic) bond motifs is 1. The lowest BCUT2D eigenvalue weighted by molar-refractivity contribution is 0.470. The highest BCUT2D eigenvalue weighted by molar-refractivity contribution is 5.34. The SMILES string of the molecule is CCC1C2CCC(C3=CCC(c4ccc(F)c(F)c4)C=C3)CCC12. The van der Waals surface area contributed by atoms with Gasteiger partial charge < -0.3 is 0 Å². The van der Waals surface area contributed by atoms with Crippen LogP contribution in [0.15, 0.2) is 42.0 Å². The van der Waals surface area contributed by atoms with Gasteiger partial charge in [-0.2, -0.15) is 0 Å². The fraction of sp³-hybridized carbons (Fsp3) is 0.545. The van der Waals surface area contributed by atoms with Crippen LogP contribution in [0.4, 0.5) is 8.78 Å². The van der Waals surface area contributed by atoms with Crippen LogP contribution in [0.1, 0.15) is 56.9 Å². The van der Waals surface area contributed by atoms with Gasteiger partial charge in [0.05, 0.1) is 0 Å². The maximum atomic E-state index is 13.4. The maximum absolute atomic E-state index is 13.4. The smallest absolute Gasteiger partial charge is 0.159 e. The Morgan fingerprint density at radius 2 is 1.75 bits per heavy atom. The van der Waals surface area contributed by atoms with E-state index in [1.807, 2.05) is 0 Å². The van der Waals surface area contributed by atoms with Crippen LogP contribution >= 0.6 is 0 Å². The Bertz CT molecular complexity index is 659. The average Bonchev–Trinajstić information content (AvgIpc) is 3.32. The Balaban J connectivity index is 1.39. The zero-order chi connectivity index (χ0) is 16.7. The second kappa shape index (κ2) is 6.46. The molecular weight excluding hydrogens is 302 g/mol. The monoisotopic (exact) mass is 328 g/mol. The van der Waals surface area contributed by atoms with Crippen molar-refractivity contribution in [2.24, 2.45) is 23.7 Å². The topological polar surface area (TPSA) is 0 Å².